The van der Waals surface area contributed by atoms with Crippen LogP contribution < -0.4 is 11.2 Å². The molecule has 0 aromatic heterocycles. The van der Waals surface area contributed by atoms with Crippen molar-refractivity contribution in [3.05, 3.63) is 0 Å². The first-order chi connectivity index (χ1) is 6.24. The number of carbonyl (C=O) groups excluding carboxylic acids is 1. The van der Waals surface area contributed by atoms with E-state index in [1.807, 2.05) is 0 Å². The fourth-order valence-electron chi connectivity index (χ4n) is 0.560. The molecule has 0 aliphatic heterocycles. The number of halogens is 3. The first-order valence-corrected chi connectivity index (χ1v) is 3.98. The summed E-state index contributed by atoms with van der Waals surface area (Å²) in [5.74, 6) is -0.922. The van der Waals surface area contributed by atoms with E-state index in [4.69, 9.17) is 5.73 Å². The number of carbonyl (C=O) groups is 1. The van der Waals surface area contributed by atoms with Gasteiger partial charge in [-0.3, -0.25) is 9.63 Å². The first-order valence-electron chi connectivity index (χ1n) is 3.98. The molecule has 0 heterocycles. The third-order valence-electron chi connectivity index (χ3n) is 1.43. The van der Waals surface area contributed by atoms with E-state index in [-0.39, 0.29) is 5.92 Å². The Hall–Kier alpha value is -0.820. The van der Waals surface area contributed by atoms with Gasteiger partial charge in [-0.25, -0.2) is 5.48 Å². The van der Waals surface area contributed by atoms with Gasteiger partial charge < -0.3 is 5.73 Å². The predicted molar refractivity (Wildman–Crippen MR) is 43.0 cm³/mol. The molecule has 0 saturated heterocycles. The molecule has 0 saturated carbocycles. The van der Waals surface area contributed by atoms with Crippen LogP contribution in [0.1, 0.15) is 13.8 Å². The van der Waals surface area contributed by atoms with Crippen molar-refractivity contribution >= 4 is 5.91 Å². The normalized spacial score (nSPS) is 14.2. The Kier molecular flexibility index (Phi) is 4.86. The summed E-state index contributed by atoms with van der Waals surface area (Å²) in [6.45, 7) is 1.82. The first kappa shape index (κ1) is 13.2. The smallest absolute Gasteiger partial charge is 0.320 e. The SMILES string of the molecule is CC(C)[C@@H](N)C(=O)NOCC(F)(F)F. The second-order valence-corrected chi connectivity index (χ2v) is 3.14. The van der Waals surface area contributed by atoms with Crippen LogP contribution in [-0.4, -0.2) is 24.7 Å². The molecule has 1 amide bonds. The number of rotatable bonds is 4. The Morgan fingerprint density at radius 3 is 2.36 bits per heavy atom. The quantitative estimate of drug-likeness (QED) is 0.673. The molecule has 7 heteroatoms. The minimum atomic E-state index is -4.46. The average molecular weight is 214 g/mol. The van der Waals surface area contributed by atoms with Crippen LogP contribution in [0.5, 0.6) is 0 Å². The molecule has 0 aliphatic rings. The van der Waals surface area contributed by atoms with Crippen LogP contribution in [-0.2, 0) is 9.63 Å². The number of nitrogens with two attached hydrogens (primary N) is 1. The second kappa shape index (κ2) is 5.16. The van der Waals surface area contributed by atoms with Gasteiger partial charge in [-0.15, -0.1) is 0 Å². The highest BCUT2D eigenvalue weighted by molar-refractivity contribution is 5.80. The summed E-state index contributed by atoms with van der Waals surface area (Å²) < 4.78 is 34.7. The Morgan fingerprint density at radius 1 is 1.50 bits per heavy atom. The van der Waals surface area contributed by atoms with Crippen LogP contribution >= 0.6 is 0 Å². The zero-order valence-corrected chi connectivity index (χ0v) is 7.89. The Bertz CT molecular complexity index is 194. The van der Waals surface area contributed by atoms with Gasteiger partial charge in [0.15, 0.2) is 6.61 Å². The van der Waals surface area contributed by atoms with E-state index in [2.05, 4.69) is 4.84 Å². The van der Waals surface area contributed by atoms with Crippen molar-refractivity contribution in [1.29, 1.82) is 0 Å². The maximum absolute atomic E-state index is 11.6. The van der Waals surface area contributed by atoms with Crippen molar-refractivity contribution in [3.8, 4) is 0 Å². The van der Waals surface area contributed by atoms with Gasteiger partial charge in [-0.2, -0.15) is 13.2 Å². The number of nitrogens with one attached hydrogen (secondary N) is 1. The summed E-state index contributed by atoms with van der Waals surface area (Å²) >= 11 is 0. The van der Waals surface area contributed by atoms with E-state index in [1.54, 1.807) is 19.3 Å². The molecular formula is C7H13F3N2O2. The van der Waals surface area contributed by atoms with Crippen molar-refractivity contribution in [2.45, 2.75) is 26.1 Å². The van der Waals surface area contributed by atoms with Gasteiger partial charge in [0.1, 0.15) is 0 Å². The van der Waals surface area contributed by atoms with E-state index in [0.717, 1.165) is 0 Å². The van der Waals surface area contributed by atoms with E-state index in [9.17, 15) is 18.0 Å². The van der Waals surface area contributed by atoms with Crippen molar-refractivity contribution in [2.75, 3.05) is 6.61 Å². The lowest BCUT2D eigenvalue weighted by Gasteiger charge is -2.15. The van der Waals surface area contributed by atoms with Crippen molar-refractivity contribution in [2.24, 2.45) is 11.7 Å². The summed E-state index contributed by atoms with van der Waals surface area (Å²) in [7, 11) is 0. The molecule has 0 fully saturated rings. The Balaban J connectivity index is 3.75. The highest BCUT2D eigenvalue weighted by Gasteiger charge is 2.28. The lowest BCUT2D eigenvalue weighted by atomic mass is 10.1. The van der Waals surface area contributed by atoms with Crippen molar-refractivity contribution in [1.82, 2.24) is 5.48 Å². The molecule has 3 N–H and O–H groups in total. The number of hydroxylamine groups is 1. The van der Waals surface area contributed by atoms with E-state index >= 15 is 0 Å². The molecule has 4 nitrogen and oxygen atoms in total. The maximum Gasteiger partial charge on any atom is 0.414 e. The summed E-state index contributed by atoms with van der Waals surface area (Å²) in [6, 6.07) is -0.872. The fourth-order valence-corrected chi connectivity index (χ4v) is 0.560. The van der Waals surface area contributed by atoms with Gasteiger partial charge in [-0.05, 0) is 5.92 Å². The van der Waals surface area contributed by atoms with E-state index in [0.29, 0.717) is 0 Å². The van der Waals surface area contributed by atoms with Gasteiger partial charge in [0.05, 0.1) is 6.04 Å². The van der Waals surface area contributed by atoms with Crippen molar-refractivity contribution in [3.63, 3.8) is 0 Å². The molecule has 0 aliphatic carbocycles. The molecule has 1 atom stereocenters. The third kappa shape index (κ3) is 5.76. The lowest BCUT2D eigenvalue weighted by Crippen LogP contribution is -2.44. The highest BCUT2D eigenvalue weighted by atomic mass is 19.4. The topological polar surface area (TPSA) is 64.4 Å². The fraction of sp³-hybridized carbons (Fsp3) is 0.857. The third-order valence-corrected chi connectivity index (χ3v) is 1.43. The summed E-state index contributed by atoms with van der Waals surface area (Å²) in [6.07, 6.45) is -4.46. The summed E-state index contributed by atoms with van der Waals surface area (Å²) in [4.78, 5) is 14.9. The van der Waals surface area contributed by atoms with Gasteiger partial charge in [0.2, 0.25) is 0 Å². The van der Waals surface area contributed by atoms with Crippen LogP contribution in [0.15, 0.2) is 0 Å². The zero-order valence-electron chi connectivity index (χ0n) is 7.89. The van der Waals surface area contributed by atoms with Gasteiger partial charge in [-0.1, -0.05) is 13.8 Å². The van der Waals surface area contributed by atoms with E-state index in [1.165, 1.54) is 0 Å². The van der Waals surface area contributed by atoms with Crippen LogP contribution in [0.3, 0.4) is 0 Å². The Labute approximate surface area is 79.5 Å². The molecule has 14 heavy (non-hydrogen) atoms. The molecule has 0 aromatic rings. The average Bonchev–Trinajstić information content (AvgIpc) is 2.00. The van der Waals surface area contributed by atoms with Crippen molar-refractivity contribution < 1.29 is 22.8 Å². The molecule has 0 spiro atoms. The number of alkyl halides is 3. The predicted octanol–water partition coefficient (Wildman–Crippen LogP) is 0.580. The molecule has 0 rings (SSSR count). The van der Waals surface area contributed by atoms with Crippen LogP contribution in [0.2, 0.25) is 0 Å². The molecule has 0 unspecified atom stereocenters. The molecule has 0 radical (unpaired) electrons. The number of hydrogen-bond acceptors (Lipinski definition) is 3. The zero-order chi connectivity index (χ0) is 11.4. The molecule has 0 aromatic carbocycles. The number of hydrogen-bond donors (Lipinski definition) is 2. The standard InChI is InChI=1S/C7H13F3N2O2/c1-4(2)5(11)6(13)12-14-3-7(8,9)10/h4-5H,3,11H2,1-2H3,(H,12,13)/t5-/m1/s1. The molecule has 84 valence electrons. The van der Waals surface area contributed by atoms with Gasteiger partial charge in [0, 0.05) is 0 Å². The summed E-state index contributed by atoms with van der Waals surface area (Å²) in [5, 5.41) is 0. The summed E-state index contributed by atoms with van der Waals surface area (Å²) in [5.41, 5.74) is 6.97. The highest BCUT2D eigenvalue weighted by Crippen LogP contribution is 2.13. The minimum Gasteiger partial charge on any atom is -0.320 e. The van der Waals surface area contributed by atoms with Gasteiger partial charge >= 0.3 is 6.18 Å². The number of amides is 1. The lowest BCUT2D eigenvalue weighted by molar-refractivity contribution is -0.192. The maximum atomic E-state index is 11.6. The largest absolute Gasteiger partial charge is 0.414 e. The minimum absolute atomic E-state index is 0.163. The van der Waals surface area contributed by atoms with E-state index < -0.39 is 24.7 Å². The van der Waals surface area contributed by atoms with Gasteiger partial charge in [0.25, 0.3) is 5.91 Å². The second-order valence-electron chi connectivity index (χ2n) is 3.14. The molecular weight excluding hydrogens is 201 g/mol. The van der Waals surface area contributed by atoms with Crippen LogP contribution in [0.25, 0.3) is 0 Å². The van der Waals surface area contributed by atoms with Crippen LogP contribution in [0.4, 0.5) is 13.2 Å². The Morgan fingerprint density at radius 2 is 2.00 bits per heavy atom. The molecule has 0 bridgehead atoms. The van der Waals surface area contributed by atoms with Crippen LogP contribution in [0, 0.1) is 5.92 Å². The monoisotopic (exact) mass is 214 g/mol.